The van der Waals surface area contributed by atoms with E-state index in [1.54, 1.807) is 7.11 Å². The summed E-state index contributed by atoms with van der Waals surface area (Å²) in [6.07, 6.45) is 1.09. The molecule has 2 atom stereocenters. The van der Waals surface area contributed by atoms with E-state index < -0.39 is 0 Å². The smallest absolute Gasteiger partial charge is 0.119 e. The van der Waals surface area contributed by atoms with Gasteiger partial charge in [0.2, 0.25) is 0 Å². The Morgan fingerprint density at radius 2 is 1.95 bits per heavy atom. The molecule has 0 fully saturated rings. The standard InChI is InChI=1S/C17H18BrNOS/c1-19-17-15-10-13(20-2)6-3-11(15)9-16(17)21-14-7-4-12(18)5-8-14/h3-8,10,16-17,19H,9H2,1-2H3. The van der Waals surface area contributed by atoms with Gasteiger partial charge in [-0.2, -0.15) is 0 Å². The van der Waals surface area contributed by atoms with Gasteiger partial charge in [-0.3, -0.25) is 0 Å². The van der Waals surface area contributed by atoms with Gasteiger partial charge in [-0.25, -0.2) is 0 Å². The lowest BCUT2D eigenvalue weighted by atomic mass is 10.1. The minimum Gasteiger partial charge on any atom is -0.497 e. The third-order valence-electron chi connectivity index (χ3n) is 3.89. The third kappa shape index (κ3) is 3.12. The lowest BCUT2D eigenvalue weighted by Gasteiger charge is -2.19. The first-order chi connectivity index (χ1) is 10.2. The number of thioether (sulfide) groups is 1. The maximum Gasteiger partial charge on any atom is 0.119 e. The van der Waals surface area contributed by atoms with Crippen molar-refractivity contribution in [1.29, 1.82) is 0 Å². The summed E-state index contributed by atoms with van der Waals surface area (Å²) >= 11 is 5.43. The number of hydrogen-bond donors (Lipinski definition) is 1. The fourth-order valence-corrected chi connectivity index (χ4v) is 4.44. The van der Waals surface area contributed by atoms with Crippen molar-refractivity contribution in [2.75, 3.05) is 14.2 Å². The van der Waals surface area contributed by atoms with E-state index in [0.717, 1.165) is 16.6 Å². The van der Waals surface area contributed by atoms with E-state index in [9.17, 15) is 0 Å². The van der Waals surface area contributed by atoms with Gasteiger partial charge in [-0.1, -0.05) is 22.0 Å². The number of benzene rings is 2. The molecule has 2 unspecified atom stereocenters. The van der Waals surface area contributed by atoms with Crippen LogP contribution >= 0.6 is 27.7 Å². The third-order valence-corrected chi connectivity index (χ3v) is 5.71. The van der Waals surface area contributed by atoms with Crippen LogP contribution in [0.25, 0.3) is 0 Å². The number of rotatable bonds is 4. The van der Waals surface area contributed by atoms with Crippen LogP contribution in [0.3, 0.4) is 0 Å². The number of ether oxygens (including phenoxy) is 1. The van der Waals surface area contributed by atoms with Crippen molar-refractivity contribution in [3.05, 3.63) is 58.1 Å². The van der Waals surface area contributed by atoms with Crippen LogP contribution in [0, 0.1) is 0 Å². The van der Waals surface area contributed by atoms with Crippen molar-refractivity contribution < 1.29 is 4.74 Å². The van der Waals surface area contributed by atoms with Crippen LogP contribution in [0.2, 0.25) is 0 Å². The van der Waals surface area contributed by atoms with Crippen LogP contribution in [0.1, 0.15) is 17.2 Å². The molecule has 0 amide bonds. The van der Waals surface area contributed by atoms with Gasteiger partial charge in [0.1, 0.15) is 5.75 Å². The Morgan fingerprint density at radius 3 is 2.62 bits per heavy atom. The molecule has 0 saturated carbocycles. The van der Waals surface area contributed by atoms with Crippen LogP contribution in [-0.2, 0) is 6.42 Å². The fraction of sp³-hybridized carbons (Fsp3) is 0.294. The first kappa shape index (κ1) is 14.9. The second-order valence-electron chi connectivity index (χ2n) is 5.15. The number of hydrogen-bond acceptors (Lipinski definition) is 3. The molecule has 0 radical (unpaired) electrons. The number of fused-ring (bicyclic) bond motifs is 1. The Balaban J connectivity index is 1.83. The first-order valence-corrected chi connectivity index (χ1v) is 8.65. The van der Waals surface area contributed by atoms with E-state index >= 15 is 0 Å². The molecule has 0 heterocycles. The number of nitrogens with one attached hydrogen (secondary N) is 1. The maximum absolute atomic E-state index is 5.36. The Labute approximate surface area is 138 Å². The largest absolute Gasteiger partial charge is 0.497 e. The molecule has 110 valence electrons. The molecule has 2 aromatic carbocycles. The van der Waals surface area contributed by atoms with Gasteiger partial charge < -0.3 is 10.1 Å². The molecule has 1 aliphatic carbocycles. The SMILES string of the molecule is CNC1c2cc(OC)ccc2CC1Sc1ccc(Br)cc1. The zero-order chi connectivity index (χ0) is 14.8. The van der Waals surface area contributed by atoms with E-state index in [1.165, 1.54) is 16.0 Å². The predicted molar refractivity (Wildman–Crippen MR) is 92.3 cm³/mol. The van der Waals surface area contributed by atoms with Gasteiger partial charge in [-0.05, 0) is 61.0 Å². The summed E-state index contributed by atoms with van der Waals surface area (Å²) in [5.74, 6) is 0.934. The highest BCUT2D eigenvalue weighted by Crippen LogP contribution is 2.42. The molecular formula is C17H18BrNOS. The molecule has 1 N–H and O–H groups in total. The lowest BCUT2D eigenvalue weighted by Crippen LogP contribution is -2.23. The summed E-state index contributed by atoms with van der Waals surface area (Å²) < 4.78 is 6.48. The first-order valence-electron chi connectivity index (χ1n) is 6.97. The van der Waals surface area contributed by atoms with Crippen LogP contribution in [-0.4, -0.2) is 19.4 Å². The van der Waals surface area contributed by atoms with Gasteiger partial charge in [0.25, 0.3) is 0 Å². The van der Waals surface area contributed by atoms with E-state index in [1.807, 2.05) is 18.8 Å². The minimum absolute atomic E-state index is 0.365. The second-order valence-corrected chi connectivity index (χ2v) is 7.37. The Hall–Kier alpha value is -0.970. The monoisotopic (exact) mass is 363 g/mol. The molecule has 0 bridgehead atoms. The van der Waals surface area contributed by atoms with Gasteiger partial charge in [0, 0.05) is 20.7 Å². The molecular weight excluding hydrogens is 346 g/mol. The summed E-state index contributed by atoms with van der Waals surface area (Å²) in [4.78, 5) is 1.31. The van der Waals surface area contributed by atoms with Crippen molar-refractivity contribution in [1.82, 2.24) is 5.32 Å². The van der Waals surface area contributed by atoms with E-state index in [4.69, 9.17) is 4.74 Å². The van der Waals surface area contributed by atoms with Crippen molar-refractivity contribution >= 4 is 27.7 Å². The highest BCUT2D eigenvalue weighted by atomic mass is 79.9. The normalized spacial score (nSPS) is 20.3. The minimum atomic E-state index is 0.365. The highest BCUT2D eigenvalue weighted by Gasteiger charge is 2.32. The van der Waals surface area contributed by atoms with E-state index in [2.05, 4.69) is 63.7 Å². The summed E-state index contributed by atoms with van der Waals surface area (Å²) in [5.41, 5.74) is 2.79. The zero-order valence-electron chi connectivity index (χ0n) is 12.1. The predicted octanol–water partition coefficient (Wildman–Crippen LogP) is 4.44. The van der Waals surface area contributed by atoms with Crippen LogP contribution in [0.4, 0.5) is 0 Å². The average molecular weight is 364 g/mol. The van der Waals surface area contributed by atoms with Crippen LogP contribution in [0.15, 0.2) is 51.8 Å². The second kappa shape index (κ2) is 6.42. The highest BCUT2D eigenvalue weighted by molar-refractivity contribution is 9.10. The molecule has 2 nitrogen and oxygen atoms in total. The number of methoxy groups -OCH3 is 1. The van der Waals surface area contributed by atoms with Crippen molar-refractivity contribution in [2.45, 2.75) is 22.6 Å². The average Bonchev–Trinajstić information content (AvgIpc) is 2.85. The number of halogens is 1. The Bertz CT molecular complexity index is 629. The quantitative estimate of drug-likeness (QED) is 0.867. The van der Waals surface area contributed by atoms with Gasteiger partial charge in [-0.15, -0.1) is 11.8 Å². The molecule has 1 aliphatic rings. The molecule has 0 saturated heterocycles. The summed E-state index contributed by atoms with van der Waals surface area (Å²) in [7, 11) is 3.76. The van der Waals surface area contributed by atoms with Crippen LogP contribution < -0.4 is 10.1 Å². The Morgan fingerprint density at radius 1 is 1.19 bits per heavy atom. The molecule has 0 aromatic heterocycles. The maximum atomic E-state index is 5.36. The molecule has 4 heteroatoms. The van der Waals surface area contributed by atoms with Gasteiger partial charge in [0.05, 0.1) is 7.11 Å². The molecule has 2 aromatic rings. The Kier molecular flexibility index (Phi) is 4.57. The summed E-state index contributed by atoms with van der Waals surface area (Å²) in [6.45, 7) is 0. The zero-order valence-corrected chi connectivity index (χ0v) is 14.5. The van der Waals surface area contributed by atoms with Crippen molar-refractivity contribution in [2.24, 2.45) is 0 Å². The van der Waals surface area contributed by atoms with Gasteiger partial charge in [0.15, 0.2) is 0 Å². The topological polar surface area (TPSA) is 21.3 Å². The molecule has 0 aliphatic heterocycles. The molecule has 0 spiro atoms. The molecule has 21 heavy (non-hydrogen) atoms. The van der Waals surface area contributed by atoms with Crippen molar-refractivity contribution in [3.63, 3.8) is 0 Å². The summed E-state index contributed by atoms with van der Waals surface area (Å²) in [6, 6.07) is 15.3. The summed E-state index contributed by atoms with van der Waals surface area (Å²) in [5, 5.41) is 3.98. The van der Waals surface area contributed by atoms with Gasteiger partial charge >= 0.3 is 0 Å². The molecule has 3 rings (SSSR count). The van der Waals surface area contributed by atoms with Crippen LogP contribution in [0.5, 0.6) is 5.75 Å². The van der Waals surface area contributed by atoms with Crippen molar-refractivity contribution in [3.8, 4) is 5.75 Å². The lowest BCUT2D eigenvalue weighted by molar-refractivity contribution is 0.413. The fourth-order valence-electron chi connectivity index (χ4n) is 2.85. The van der Waals surface area contributed by atoms with E-state index in [0.29, 0.717) is 11.3 Å². The van der Waals surface area contributed by atoms with E-state index in [-0.39, 0.29) is 0 Å².